The number of nitrogens with one attached hydrogen (secondary N) is 1. The molecule has 2 unspecified atom stereocenters. The van der Waals surface area contributed by atoms with Crippen LogP contribution in [0.25, 0.3) is 0 Å². The average molecular weight is 288 g/mol. The van der Waals surface area contributed by atoms with Crippen molar-refractivity contribution in [2.45, 2.75) is 51.7 Å². The minimum absolute atomic E-state index is 0.112. The van der Waals surface area contributed by atoms with E-state index in [9.17, 15) is 0 Å². The Bertz CT molecular complexity index is 557. The number of hydrogen-bond acceptors (Lipinski definition) is 4. The number of morpholine rings is 1. The first-order valence-electron chi connectivity index (χ1n) is 7.85. The van der Waals surface area contributed by atoms with Crippen LogP contribution in [0.3, 0.4) is 0 Å². The third-order valence-electron chi connectivity index (χ3n) is 4.53. The molecule has 1 aliphatic heterocycles. The number of nitrogens with zero attached hydrogens (tertiary/aromatic N) is 2. The third kappa shape index (κ3) is 2.62. The first-order chi connectivity index (χ1) is 10.1. The van der Waals surface area contributed by atoms with Gasteiger partial charge in [-0.2, -0.15) is 0 Å². The van der Waals surface area contributed by atoms with Crippen LogP contribution in [0.1, 0.15) is 43.5 Å². The summed E-state index contributed by atoms with van der Waals surface area (Å²) in [7, 11) is 0. The van der Waals surface area contributed by atoms with Crippen LogP contribution in [0.5, 0.6) is 0 Å². The van der Waals surface area contributed by atoms with E-state index >= 15 is 0 Å². The fourth-order valence-electron chi connectivity index (χ4n) is 3.32. The molecule has 3 N–H and O–H groups in total. The van der Waals surface area contributed by atoms with Crippen molar-refractivity contribution in [3.63, 3.8) is 0 Å². The van der Waals surface area contributed by atoms with E-state index in [0.29, 0.717) is 12.6 Å². The van der Waals surface area contributed by atoms with Crippen molar-refractivity contribution in [2.75, 3.05) is 18.1 Å². The smallest absolute Gasteiger partial charge is 0.140 e. The van der Waals surface area contributed by atoms with Crippen LogP contribution in [0, 0.1) is 5.41 Å². The number of amidine groups is 1. The van der Waals surface area contributed by atoms with Gasteiger partial charge in [-0.3, -0.25) is 5.41 Å². The molecule has 21 heavy (non-hydrogen) atoms. The van der Waals surface area contributed by atoms with Gasteiger partial charge in [-0.05, 0) is 44.2 Å². The number of ether oxygens (including phenoxy) is 1. The van der Waals surface area contributed by atoms with E-state index in [1.165, 1.54) is 11.3 Å². The Balaban J connectivity index is 2.04. The van der Waals surface area contributed by atoms with E-state index in [1.807, 2.05) is 0 Å². The van der Waals surface area contributed by atoms with Crippen LogP contribution in [0.15, 0.2) is 6.07 Å². The zero-order valence-corrected chi connectivity index (χ0v) is 12.9. The molecule has 0 spiro atoms. The Morgan fingerprint density at radius 2 is 2.33 bits per heavy atom. The zero-order chi connectivity index (χ0) is 15.0. The predicted molar refractivity (Wildman–Crippen MR) is 84.1 cm³/mol. The van der Waals surface area contributed by atoms with Crippen molar-refractivity contribution in [1.82, 2.24) is 4.98 Å². The number of aromatic nitrogens is 1. The monoisotopic (exact) mass is 288 g/mol. The van der Waals surface area contributed by atoms with E-state index in [4.69, 9.17) is 20.9 Å². The van der Waals surface area contributed by atoms with E-state index in [2.05, 4.69) is 24.8 Å². The van der Waals surface area contributed by atoms with Gasteiger partial charge in [0, 0.05) is 12.2 Å². The molecule has 2 aliphatic rings. The van der Waals surface area contributed by atoms with Crippen LogP contribution in [0.2, 0.25) is 0 Å². The van der Waals surface area contributed by atoms with Gasteiger partial charge in [0.25, 0.3) is 0 Å². The molecule has 0 radical (unpaired) electrons. The minimum Gasteiger partial charge on any atom is -0.384 e. The maximum absolute atomic E-state index is 7.91. The Hall–Kier alpha value is -1.62. The van der Waals surface area contributed by atoms with Gasteiger partial charge in [0.2, 0.25) is 0 Å². The lowest BCUT2D eigenvalue weighted by molar-refractivity contribution is 0.0296. The molecule has 1 aromatic heterocycles. The Morgan fingerprint density at radius 3 is 3.05 bits per heavy atom. The first-order valence-corrected chi connectivity index (χ1v) is 7.85. The fourth-order valence-corrected chi connectivity index (χ4v) is 3.32. The largest absolute Gasteiger partial charge is 0.384 e. The molecule has 1 saturated heterocycles. The van der Waals surface area contributed by atoms with Gasteiger partial charge in [0.15, 0.2) is 0 Å². The van der Waals surface area contributed by atoms with Crippen LogP contribution in [-0.2, 0) is 17.6 Å². The Labute approximate surface area is 126 Å². The molecule has 3 rings (SSSR count). The van der Waals surface area contributed by atoms with E-state index in [-0.39, 0.29) is 11.9 Å². The van der Waals surface area contributed by atoms with Gasteiger partial charge in [0.05, 0.1) is 24.3 Å². The number of aryl methyl sites for hydroxylation is 2. The van der Waals surface area contributed by atoms with Crippen LogP contribution in [-0.4, -0.2) is 36.1 Å². The SMILES string of the molecule is CCC1COC(C)CN1c1nc2c(cc1C(=N)N)CCC2. The summed E-state index contributed by atoms with van der Waals surface area (Å²) in [5.74, 6) is 0.992. The summed E-state index contributed by atoms with van der Waals surface area (Å²) in [4.78, 5) is 7.18. The van der Waals surface area contributed by atoms with Crippen molar-refractivity contribution >= 4 is 11.7 Å². The first kappa shape index (κ1) is 14.3. The van der Waals surface area contributed by atoms with Crippen molar-refractivity contribution < 1.29 is 4.74 Å². The maximum Gasteiger partial charge on any atom is 0.140 e. The second-order valence-corrected chi connectivity index (χ2v) is 6.09. The number of fused-ring (bicyclic) bond motifs is 1. The van der Waals surface area contributed by atoms with E-state index < -0.39 is 0 Å². The quantitative estimate of drug-likeness (QED) is 0.657. The number of nitrogen functional groups attached to an aromatic ring is 1. The lowest BCUT2D eigenvalue weighted by atomic mass is 10.1. The highest BCUT2D eigenvalue weighted by Gasteiger charge is 2.30. The van der Waals surface area contributed by atoms with Gasteiger partial charge < -0.3 is 15.4 Å². The molecule has 2 atom stereocenters. The lowest BCUT2D eigenvalue weighted by Crippen LogP contribution is -2.49. The summed E-state index contributed by atoms with van der Waals surface area (Å²) >= 11 is 0. The van der Waals surface area contributed by atoms with Gasteiger partial charge in [0.1, 0.15) is 11.7 Å². The number of pyridine rings is 1. The van der Waals surface area contributed by atoms with Gasteiger partial charge in [-0.25, -0.2) is 4.98 Å². The van der Waals surface area contributed by atoms with E-state index in [1.54, 1.807) is 0 Å². The average Bonchev–Trinajstić information content (AvgIpc) is 2.93. The second-order valence-electron chi connectivity index (χ2n) is 6.09. The highest BCUT2D eigenvalue weighted by molar-refractivity contribution is 6.00. The predicted octanol–water partition coefficient (Wildman–Crippen LogP) is 1.86. The molecule has 2 heterocycles. The summed E-state index contributed by atoms with van der Waals surface area (Å²) in [5, 5.41) is 7.91. The normalized spacial score (nSPS) is 25.0. The fraction of sp³-hybridized carbons (Fsp3) is 0.625. The zero-order valence-electron chi connectivity index (χ0n) is 12.9. The number of hydrogen-bond donors (Lipinski definition) is 2. The summed E-state index contributed by atoms with van der Waals surface area (Å²) in [6, 6.07) is 2.39. The molecule has 0 amide bonds. The van der Waals surface area contributed by atoms with Crippen LogP contribution < -0.4 is 10.6 Å². The third-order valence-corrected chi connectivity index (χ3v) is 4.53. The molecule has 1 fully saturated rings. The van der Waals surface area contributed by atoms with Crippen molar-refractivity contribution in [3.05, 3.63) is 22.9 Å². The van der Waals surface area contributed by atoms with Crippen LogP contribution in [0.4, 0.5) is 5.82 Å². The summed E-state index contributed by atoms with van der Waals surface area (Å²) in [6.45, 7) is 5.77. The molecule has 5 heteroatoms. The Morgan fingerprint density at radius 1 is 1.52 bits per heavy atom. The highest BCUT2D eigenvalue weighted by atomic mass is 16.5. The molecule has 0 aromatic carbocycles. The standard InChI is InChI=1S/C16H24N4O/c1-3-12-9-21-10(2)8-20(12)16-13(15(17)18)7-11-5-4-6-14(11)19-16/h7,10,12H,3-6,8-9H2,1-2H3,(H3,17,18). The molecule has 114 valence electrons. The summed E-state index contributed by atoms with van der Waals surface area (Å²) in [5.41, 5.74) is 9.05. The van der Waals surface area contributed by atoms with Crippen molar-refractivity contribution in [1.29, 1.82) is 5.41 Å². The van der Waals surface area contributed by atoms with Gasteiger partial charge in [-0.15, -0.1) is 0 Å². The summed E-state index contributed by atoms with van der Waals surface area (Å²) < 4.78 is 5.77. The van der Waals surface area contributed by atoms with Crippen molar-refractivity contribution in [2.24, 2.45) is 5.73 Å². The molecular weight excluding hydrogens is 264 g/mol. The maximum atomic E-state index is 7.91. The molecule has 0 saturated carbocycles. The van der Waals surface area contributed by atoms with Crippen LogP contribution >= 0.6 is 0 Å². The molecule has 5 nitrogen and oxygen atoms in total. The molecule has 1 aromatic rings. The number of nitrogens with two attached hydrogens (primary N) is 1. The number of anilines is 1. The second kappa shape index (κ2) is 5.64. The minimum atomic E-state index is 0.112. The number of rotatable bonds is 3. The van der Waals surface area contributed by atoms with Crippen molar-refractivity contribution in [3.8, 4) is 0 Å². The van der Waals surface area contributed by atoms with Gasteiger partial charge >= 0.3 is 0 Å². The summed E-state index contributed by atoms with van der Waals surface area (Å²) in [6.07, 6.45) is 4.43. The molecule has 1 aliphatic carbocycles. The topological polar surface area (TPSA) is 75.2 Å². The molecule has 0 bridgehead atoms. The van der Waals surface area contributed by atoms with Gasteiger partial charge in [-0.1, -0.05) is 6.92 Å². The van der Waals surface area contributed by atoms with E-state index in [0.717, 1.165) is 43.6 Å². The highest BCUT2D eigenvalue weighted by Crippen LogP contribution is 2.30. The molecular formula is C16H24N4O. The Kier molecular flexibility index (Phi) is 3.85. The lowest BCUT2D eigenvalue weighted by Gasteiger charge is -2.40.